The number of carbonyl (C=O) groups excluding carboxylic acids is 1. The second kappa shape index (κ2) is 3.63. The van der Waals surface area contributed by atoms with Crippen molar-refractivity contribution in [1.29, 1.82) is 0 Å². The SMILES string of the molecule is O=Cc1c(-c2ccoc2)n[nH]c1C1CCC1. The zero-order chi connectivity index (χ0) is 11.0. The quantitative estimate of drug-likeness (QED) is 0.802. The van der Waals surface area contributed by atoms with Gasteiger partial charge in [-0.05, 0) is 18.9 Å². The fourth-order valence-corrected chi connectivity index (χ4v) is 2.11. The number of aldehydes is 1. The lowest BCUT2D eigenvalue weighted by Gasteiger charge is -2.24. The lowest BCUT2D eigenvalue weighted by atomic mass is 9.81. The minimum Gasteiger partial charge on any atom is -0.472 e. The summed E-state index contributed by atoms with van der Waals surface area (Å²) in [5.74, 6) is 0.480. The molecule has 2 aromatic heterocycles. The molecular weight excluding hydrogens is 204 g/mol. The van der Waals surface area contributed by atoms with E-state index in [4.69, 9.17) is 4.42 Å². The van der Waals surface area contributed by atoms with Crippen molar-refractivity contribution in [2.75, 3.05) is 0 Å². The molecule has 1 fully saturated rings. The van der Waals surface area contributed by atoms with Gasteiger partial charge in [-0.15, -0.1) is 0 Å². The van der Waals surface area contributed by atoms with Gasteiger partial charge in [0.15, 0.2) is 6.29 Å². The van der Waals surface area contributed by atoms with E-state index in [1.165, 1.54) is 6.42 Å². The smallest absolute Gasteiger partial charge is 0.154 e. The molecule has 1 saturated carbocycles. The van der Waals surface area contributed by atoms with Crippen molar-refractivity contribution in [3.05, 3.63) is 29.9 Å². The van der Waals surface area contributed by atoms with Crippen LogP contribution < -0.4 is 0 Å². The highest BCUT2D eigenvalue weighted by molar-refractivity contribution is 5.87. The Balaban J connectivity index is 2.06. The van der Waals surface area contributed by atoms with Crippen molar-refractivity contribution < 1.29 is 9.21 Å². The van der Waals surface area contributed by atoms with E-state index in [-0.39, 0.29) is 0 Å². The average Bonchev–Trinajstić information content (AvgIpc) is 2.81. The maximum atomic E-state index is 11.2. The van der Waals surface area contributed by atoms with E-state index < -0.39 is 0 Å². The molecule has 1 N–H and O–H groups in total. The zero-order valence-corrected chi connectivity index (χ0v) is 8.77. The molecule has 0 aromatic carbocycles. The highest BCUT2D eigenvalue weighted by Gasteiger charge is 2.26. The van der Waals surface area contributed by atoms with Crippen LogP contribution in [0.2, 0.25) is 0 Å². The largest absolute Gasteiger partial charge is 0.472 e. The second-order valence-corrected chi connectivity index (χ2v) is 4.16. The summed E-state index contributed by atoms with van der Waals surface area (Å²) in [5.41, 5.74) is 3.22. The number of rotatable bonds is 3. The molecule has 0 radical (unpaired) electrons. The van der Waals surface area contributed by atoms with Gasteiger partial charge >= 0.3 is 0 Å². The molecule has 0 aliphatic heterocycles. The van der Waals surface area contributed by atoms with Crippen LogP contribution in [0.25, 0.3) is 11.3 Å². The molecule has 0 bridgehead atoms. The first-order chi connectivity index (χ1) is 7.90. The fraction of sp³-hybridized carbons (Fsp3) is 0.333. The Bertz CT molecular complexity index is 495. The van der Waals surface area contributed by atoms with E-state index >= 15 is 0 Å². The van der Waals surface area contributed by atoms with Crippen molar-refractivity contribution >= 4 is 6.29 Å². The van der Waals surface area contributed by atoms with Gasteiger partial charge in [0.2, 0.25) is 0 Å². The van der Waals surface area contributed by atoms with Crippen LogP contribution in [0.5, 0.6) is 0 Å². The van der Waals surface area contributed by atoms with Gasteiger partial charge in [0.25, 0.3) is 0 Å². The van der Waals surface area contributed by atoms with Crippen molar-refractivity contribution in [2.45, 2.75) is 25.2 Å². The van der Waals surface area contributed by atoms with Crippen LogP contribution in [-0.4, -0.2) is 16.5 Å². The predicted octanol–water partition coefficient (Wildman–Crippen LogP) is 2.75. The van der Waals surface area contributed by atoms with E-state index in [9.17, 15) is 4.79 Å². The summed E-state index contributed by atoms with van der Waals surface area (Å²) >= 11 is 0. The Morgan fingerprint density at radius 2 is 2.38 bits per heavy atom. The monoisotopic (exact) mass is 216 g/mol. The first kappa shape index (κ1) is 9.39. The van der Waals surface area contributed by atoms with Crippen LogP contribution in [0, 0.1) is 0 Å². The average molecular weight is 216 g/mol. The van der Waals surface area contributed by atoms with Gasteiger partial charge in [-0.25, -0.2) is 0 Å². The number of furan rings is 1. The normalized spacial score (nSPS) is 16.0. The summed E-state index contributed by atoms with van der Waals surface area (Å²) in [7, 11) is 0. The van der Waals surface area contributed by atoms with E-state index in [1.54, 1.807) is 12.5 Å². The molecule has 82 valence electrons. The maximum Gasteiger partial charge on any atom is 0.154 e. The number of hydrogen-bond acceptors (Lipinski definition) is 3. The summed E-state index contributed by atoms with van der Waals surface area (Å²) < 4.78 is 5.01. The molecule has 0 spiro atoms. The van der Waals surface area contributed by atoms with Gasteiger partial charge in [-0.2, -0.15) is 5.10 Å². The first-order valence-electron chi connectivity index (χ1n) is 5.46. The van der Waals surface area contributed by atoms with Gasteiger partial charge in [-0.3, -0.25) is 9.89 Å². The van der Waals surface area contributed by atoms with Crippen LogP contribution in [0.4, 0.5) is 0 Å². The molecule has 4 heteroatoms. The van der Waals surface area contributed by atoms with Gasteiger partial charge in [0.05, 0.1) is 18.1 Å². The number of carbonyl (C=O) groups is 1. The number of aromatic nitrogens is 2. The Hall–Kier alpha value is -1.84. The Morgan fingerprint density at radius 1 is 1.50 bits per heavy atom. The third kappa shape index (κ3) is 1.30. The minimum absolute atomic E-state index is 0.480. The van der Waals surface area contributed by atoms with Crippen LogP contribution in [0.15, 0.2) is 23.0 Å². The molecule has 0 atom stereocenters. The highest BCUT2D eigenvalue weighted by Crippen LogP contribution is 2.38. The number of H-pyrrole nitrogens is 1. The molecule has 0 saturated heterocycles. The van der Waals surface area contributed by atoms with Crippen molar-refractivity contribution in [3.8, 4) is 11.3 Å². The van der Waals surface area contributed by atoms with Crippen LogP contribution >= 0.6 is 0 Å². The third-order valence-electron chi connectivity index (χ3n) is 3.26. The molecule has 0 amide bonds. The van der Waals surface area contributed by atoms with Gasteiger partial charge in [0, 0.05) is 17.2 Å². The van der Waals surface area contributed by atoms with E-state index in [2.05, 4.69) is 10.2 Å². The number of nitrogens with zero attached hydrogens (tertiary/aromatic N) is 1. The number of aromatic amines is 1. The zero-order valence-electron chi connectivity index (χ0n) is 8.77. The molecule has 3 rings (SSSR count). The molecule has 1 aliphatic carbocycles. The molecule has 16 heavy (non-hydrogen) atoms. The lowest BCUT2D eigenvalue weighted by Crippen LogP contribution is -2.11. The van der Waals surface area contributed by atoms with Gasteiger partial charge in [-0.1, -0.05) is 6.42 Å². The van der Waals surface area contributed by atoms with Crippen LogP contribution in [0.3, 0.4) is 0 Å². The summed E-state index contributed by atoms with van der Waals surface area (Å²) in [5, 5.41) is 7.21. The molecule has 4 nitrogen and oxygen atoms in total. The van der Waals surface area contributed by atoms with E-state index in [0.717, 1.165) is 30.4 Å². The predicted molar refractivity (Wildman–Crippen MR) is 58.3 cm³/mol. The lowest BCUT2D eigenvalue weighted by molar-refractivity contribution is 0.112. The maximum absolute atomic E-state index is 11.2. The number of hydrogen-bond donors (Lipinski definition) is 1. The minimum atomic E-state index is 0.480. The Morgan fingerprint density at radius 3 is 2.94 bits per heavy atom. The molecule has 0 unspecified atom stereocenters. The third-order valence-corrected chi connectivity index (χ3v) is 3.26. The Labute approximate surface area is 92.7 Å². The Kier molecular flexibility index (Phi) is 2.13. The van der Waals surface area contributed by atoms with Crippen LogP contribution in [-0.2, 0) is 0 Å². The van der Waals surface area contributed by atoms with Crippen molar-refractivity contribution in [3.63, 3.8) is 0 Å². The van der Waals surface area contributed by atoms with Crippen molar-refractivity contribution in [1.82, 2.24) is 10.2 Å². The summed E-state index contributed by atoms with van der Waals surface area (Å²) in [6.07, 6.45) is 7.61. The standard InChI is InChI=1S/C12H12N2O2/c15-6-10-11(8-2-1-3-8)13-14-12(10)9-4-5-16-7-9/h4-8H,1-3H2,(H,13,14). The molecule has 1 aliphatic rings. The van der Waals surface area contributed by atoms with Crippen molar-refractivity contribution in [2.24, 2.45) is 0 Å². The summed E-state index contributed by atoms with van der Waals surface area (Å²) in [6, 6.07) is 1.81. The summed E-state index contributed by atoms with van der Waals surface area (Å²) in [4.78, 5) is 11.2. The van der Waals surface area contributed by atoms with Gasteiger partial charge < -0.3 is 4.42 Å². The van der Waals surface area contributed by atoms with Crippen LogP contribution in [0.1, 0.15) is 41.2 Å². The van der Waals surface area contributed by atoms with E-state index in [0.29, 0.717) is 17.2 Å². The molecule has 2 aromatic rings. The first-order valence-corrected chi connectivity index (χ1v) is 5.46. The molecular formula is C12H12N2O2. The second-order valence-electron chi connectivity index (χ2n) is 4.16. The highest BCUT2D eigenvalue weighted by atomic mass is 16.3. The number of nitrogens with one attached hydrogen (secondary N) is 1. The van der Waals surface area contributed by atoms with Gasteiger partial charge in [0.1, 0.15) is 5.69 Å². The van der Waals surface area contributed by atoms with E-state index in [1.807, 2.05) is 6.07 Å². The topological polar surface area (TPSA) is 58.9 Å². The molecule has 2 heterocycles. The fourth-order valence-electron chi connectivity index (χ4n) is 2.11. The summed E-state index contributed by atoms with van der Waals surface area (Å²) in [6.45, 7) is 0.